The maximum Gasteiger partial charge on any atom is 0.214 e. The molecule has 0 aromatic heterocycles. The highest BCUT2D eigenvalue weighted by atomic mass is 32.2. The van der Waals surface area contributed by atoms with Gasteiger partial charge in [-0.2, -0.15) is 11.8 Å². The van der Waals surface area contributed by atoms with Crippen LogP contribution in [-0.2, 0) is 10.0 Å². The first-order chi connectivity index (χ1) is 7.06. The zero-order valence-corrected chi connectivity index (χ0v) is 11.0. The average Bonchev–Trinajstić information content (AvgIpc) is 2.18. The largest absolute Gasteiger partial charge is 0.317 e. The molecule has 0 aromatic rings. The number of sulfonamides is 1. The van der Waals surface area contributed by atoms with E-state index in [2.05, 4.69) is 10.0 Å². The van der Waals surface area contributed by atoms with Crippen molar-refractivity contribution < 1.29 is 8.42 Å². The van der Waals surface area contributed by atoms with E-state index in [4.69, 9.17) is 0 Å². The molecule has 0 saturated carbocycles. The highest BCUT2D eigenvalue weighted by molar-refractivity contribution is 7.98. The molecule has 1 fully saturated rings. The number of hydrogen-bond donors (Lipinski definition) is 2. The van der Waals surface area contributed by atoms with E-state index in [0.717, 1.165) is 31.7 Å². The van der Waals surface area contributed by atoms with Crippen molar-refractivity contribution in [3.8, 4) is 0 Å². The zero-order valence-electron chi connectivity index (χ0n) is 9.32. The molecule has 1 atom stereocenters. The summed E-state index contributed by atoms with van der Waals surface area (Å²) in [4.78, 5) is 0. The summed E-state index contributed by atoms with van der Waals surface area (Å²) in [5.74, 6) is 0.824. The third-order valence-corrected chi connectivity index (χ3v) is 5.42. The van der Waals surface area contributed by atoms with Gasteiger partial charge in [0.25, 0.3) is 0 Å². The van der Waals surface area contributed by atoms with Gasteiger partial charge in [-0.1, -0.05) is 0 Å². The molecule has 0 bridgehead atoms. The van der Waals surface area contributed by atoms with Crippen LogP contribution in [0.4, 0.5) is 0 Å². The van der Waals surface area contributed by atoms with Gasteiger partial charge in [-0.3, -0.25) is 0 Å². The van der Waals surface area contributed by atoms with Crippen LogP contribution < -0.4 is 10.0 Å². The summed E-state index contributed by atoms with van der Waals surface area (Å²) >= 11 is 1.66. The number of nitrogens with one attached hydrogen (secondary N) is 2. The topological polar surface area (TPSA) is 58.2 Å². The second kappa shape index (κ2) is 6.08. The summed E-state index contributed by atoms with van der Waals surface area (Å²) in [6.07, 6.45) is 3.43. The van der Waals surface area contributed by atoms with Crippen LogP contribution in [-0.4, -0.2) is 44.8 Å². The minimum Gasteiger partial charge on any atom is -0.317 e. The molecular weight excluding hydrogens is 232 g/mol. The molecule has 0 aromatic carbocycles. The van der Waals surface area contributed by atoms with E-state index in [0.29, 0.717) is 0 Å². The van der Waals surface area contributed by atoms with Crippen molar-refractivity contribution in [2.24, 2.45) is 0 Å². The first-order valence-corrected chi connectivity index (χ1v) is 8.21. The average molecular weight is 252 g/mol. The molecule has 1 rings (SSSR count). The Labute approximate surface area is 96.6 Å². The quantitative estimate of drug-likeness (QED) is 0.744. The molecule has 2 N–H and O–H groups in total. The number of thioether (sulfide) groups is 1. The summed E-state index contributed by atoms with van der Waals surface area (Å²) < 4.78 is 26.6. The standard InChI is InChI=1S/C9H20N2O2S2/c1-8(7-14-2)11-15(12,13)9-3-5-10-6-4-9/h8-11H,3-7H2,1-2H3. The lowest BCUT2D eigenvalue weighted by Crippen LogP contribution is -2.45. The smallest absolute Gasteiger partial charge is 0.214 e. The minimum absolute atomic E-state index is 0.0277. The lowest BCUT2D eigenvalue weighted by atomic mass is 10.2. The van der Waals surface area contributed by atoms with Crippen LogP contribution in [0.2, 0.25) is 0 Å². The van der Waals surface area contributed by atoms with E-state index in [9.17, 15) is 8.42 Å². The summed E-state index contributed by atoms with van der Waals surface area (Å²) in [5, 5.41) is 2.96. The molecule has 0 radical (unpaired) electrons. The van der Waals surface area contributed by atoms with Gasteiger partial charge in [0.1, 0.15) is 0 Å². The van der Waals surface area contributed by atoms with Crippen molar-refractivity contribution in [1.82, 2.24) is 10.0 Å². The third-order valence-electron chi connectivity index (χ3n) is 2.51. The molecule has 1 aliphatic heterocycles. The van der Waals surface area contributed by atoms with Gasteiger partial charge in [0.15, 0.2) is 0 Å². The molecule has 1 heterocycles. The van der Waals surface area contributed by atoms with Crippen LogP contribution in [0.5, 0.6) is 0 Å². The molecule has 1 aliphatic rings. The highest BCUT2D eigenvalue weighted by Crippen LogP contribution is 2.13. The van der Waals surface area contributed by atoms with Crippen molar-refractivity contribution >= 4 is 21.8 Å². The van der Waals surface area contributed by atoms with Crippen molar-refractivity contribution in [3.05, 3.63) is 0 Å². The van der Waals surface area contributed by atoms with Crippen molar-refractivity contribution in [3.63, 3.8) is 0 Å². The summed E-state index contributed by atoms with van der Waals surface area (Å²) in [6.45, 7) is 3.53. The fraction of sp³-hybridized carbons (Fsp3) is 1.00. The second-order valence-electron chi connectivity index (χ2n) is 3.97. The Morgan fingerprint density at radius 2 is 2.07 bits per heavy atom. The van der Waals surface area contributed by atoms with Gasteiger partial charge < -0.3 is 5.32 Å². The lowest BCUT2D eigenvalue weighted by molar-refractivity contribution is 0.486. The monoisotopic (exact) mass is 252 g/mol. The molecule has 1 saturated heterocycles. The van der Waals surface area contributed by atoms with Crippen molar-refractivity contribution in [1.29, 1.82) is 0 Å². The van der Waals surface area contributed by atoms with Gasteiger partial charge in [-0.25, -0.2) is 13.1 Å². The normalized spacial score (nSPS) is 21.5. The Hall–Kier alpha value is 0.220. The van der Waals surface area contributed by atoms with Gasteiger partial charge in [0, 0.05) is 11.8 Å². The molecule has 4 nitrogen and oxygen atoms in total. The molecule has 1 unspecified atom stereocenters. The molecule has 0 spiro atoms. The lowest BCUT2D eigenvalue weighted by Gasteiger charge is -2.24. The van der Waals surface area contributed by atoms with Gasteiger partial charge in [0.05, 0.1) is 5.25 Å². The first kappa shape index (κ1) is 13.3. The molecule has 0 amide bonds. The van der Waals surface area contributed by atoms with Crippen LogP contribution in [0.1, 0.15) is 19.8 Å². The van der Waals surface area contributed by atoms with E-state index in [1.807, 2.05) is 13.2 Å². The summed E-state index contributed by atoms with van der Waals surface area (Å²) in [7, 11) is -3.11. The maximum atomic E-state index is 11.9. The fourth-order valence-corrected chi connectivity index (χ4v) is 4.15. The van der Waals surface area contributed by atoms with E-state index in [1.165, 1.54) is 0 Å². The maximum absolute atomic E-state index is 11.9. The van der Waals surface area contributed by atoms with Gasteiger partial charge in [0.2, 0.25) is 10.0 Å². The van der Waals surface area contributed by atoms with E-state index < -0.39 is 10.0 Å². The summed E-state index contributed by atoms with van der Waals surface area (Å²) in [5.41, 5.74) is 0. The van der Waals surface area contributed by atoms with Gasteiger partial charge in [-0.05, 0) is 39.1 Å². The van der Waals surface area contributed by atoms with Crippen LogP contribution in [0, 0.1) is 0 Å². The van der Waals surface area contributed by atoms with Gasteiger partial charge >= 0.3 is 0 Å². The Kier molecular flexibility index (Phi) is 5.38. The Morgan fingerprint density at radius 1 is 1.47 bits per heavy atom. The van der Waals surface area contributed by atoms with E-state index in [1.54, 1.807) is 11.8 Å². The number of rotatable bonds is 5. The molecule has 6 heteroatoms. The van der Waals surface area contributed by atoms with Crippen molar-refractivity contribution in [2.45, 2.75) is 31.1 Å². The second-order valence-corrected chi connectivity index (χ2v) is 6.87. The Bertz CT molecular complexity index is 274. The van der Waals surface area contributed by atoms with Crippen LogP contribution in [0.3, 0.4) is 0 Å². The predicted octanol–water partition coefficient (Wildman–Crippen LogP) is 0.409. The van der Waals surface area contributed by atoms with E-state index in [-0.39, 0.29) is 11.3 Å². The first-order valence-electron chi connectivity index (χ1n) is 5.27. The minimum atomic E-state index is -3.11. The molecular formula is C9H20N2O2S2. The molecule has 15 heavy (non-hydrogen) atoms. The zero-order chi connectivity index (χ0) is 11.3. The molecule has 0 aliphatic carbocycles. The van der Waals surface area contributed by atoms with E-state index >= 15 is 0 Å². The number of piperidine rings is 1. The SMILES string of the molecule is CSCC(C)NS(=O)(=O)C1CCNCC1. The Balaban J connectivity index is 2.49. The fourth-order valence-electron chi connectivity index (χ4n) is 1.77. The number of hydrogen-bond acceptors (Lipinski definition) is 4. The molecule has 90 valence electrons. The van der Waals surface area contributed by atoms with Crippen LogP contribution in [0.15, 0.2) is 0 Å². The Morgan fingerprint density at radius 3 is 2.60 bits per heavy atom. The van der Waals surface area contributed by atoms with Crippen LogP contribution >= 0.6 is 11.8 Å². The van der Waals surface area contributed by atoms with Gasteiger partial charge in [-0.15, -0.1) is 0 Å². The summed E-state index contributed by atoms with van der Waals surface area (Å²) in [6, 6.07) is 0.0277. The van der Waals surface area contributed by atoms with Crippen LogP contribution in [0.25, 0.3) is 0 Å². The van der Waals surface area contributed by atoms with Crippen molar-refractivity contribution in [2.75, 3.05) is 25.1 Å². The highest BCUT2D eigenvalue weighted by Gasteiger charge is 2.27. The third kappa shape index (κ3) is 4.30. The predicted molar refractivity (Wildman–Crippen MR) is 65.8 cm³/mol.